The summed E-state index contributed by atoms with van der Waals surface area (Å²) in [6.07, 6.45) is 3.64. The Kier molecular flexibility index (Phi) is 5.19. The number of ether oxygens (including phenoxy) is 1. The van der Waals surface area contributed by atoms with Crippen molar-refractivity contribution in [1.29, 1.82) is 0 Å². The van der Waals surface area contributed by atoms with E-state index < -0.39 is 10.0 Å². The Bertz CT molecular complexity index is 686. The van der Waals surface area contributed by atoms with E-state index in [0.29, 0.717) is 19.5 Å². The van der Waals surface area contributed by atoms with Gasteiger partial charge in [-0.2, -0.15) is 9.90 Å². The zero-order valence-electron chi connectivity index (χ0n) is 12.9. The van der Waals surface area contributed by atoms with Gasteiger partial charge in [0.1, 0.15) is 6.54 Å². The van der Waals surface area contributed by atoms with Gasteiger partial charge in [-0.3, -0.25) is 14.3 Å². The second-order valence-corrected chi connectivity index (χ2v) is 7.08. The molecule has 11 heteroatoms. The number of carbonyl (C=O) groups is 2. The molecule has 0 aromatic carbocycles. The number of methoxy groups -OCH3 is 1. The van der Waals surface area contributed by atoms with Gasteiger partial charge in [0, 0.05) is 13.1 Å². The molecule has 1 aromatic heterocycles. The lowest BCUT2D eigenvalue weighted by Gasteiger charge is -2.31. The van der Waals surface area contributed by atoms with Crippen LogP contribution in [0.15, 0.2) is 6.20 Å². The largest absolute Gasteiger partial charge is 0.469 e. The zero-order chi connectivity index (χ0) is 17.0. The number of hydrogen-bond donors (Lipinski definition) is 1. The molecule has 0 spiro atoms. The molecule has 2 rings (SSSR count). The molecule has 1 aliphatic rings. The van der Waals surface area contributed by atoms with Crippen LogP contribution in [-0.4, -0.2) is 66.6 Å². The second kappa shape index (κ2) is 6.94. The number of hydrogen-bond acceptors (Lipinski definition) is 7. The van der Waals surface area contributed by atoms with Crippen molar-refractivity contribution < 1.29 is 22.7 Å². The van der Waals surface area contributed by atoms with Gasteiger partial charge in [0.05, 0.1) is 25.5 Å². The highest BCUT2D eigenvalue weighted by Crippen LogP contribution is 2.18. The first kappa shape index (κ1) is 17.2. The van der Waals surface area contributed by atoms with Crippen LogP contribution in [0.4, 0.5) is 5.82 Å². The molecule has 1 aromatic rings. The molecule has 0 bridgehead atoms. The fraction of sp³-hybridized carbons (Fsp3) is 0.667. The normalized spacial score (nSPS) is 18.5. The molecule has 0 aliphatic carbocycles. The van der Waals surface area contributed by atoms with Crippen molar-refractivity contribution in [1.82, 2.24) is 19.9 Å². The maximum atomic E-state index is 12.3. The van der Waals surface area contributed by atoms with Crippen LogP contribution in [0.25, 0.3) is 0 Å². The van der Waals surface area contributed by atoms with E-state index in [-0.39, 0.29) is 30.2 Å². The highest BCUT2D eigenvalue weighted by molar-refractivity contribution is 7.92. The molecule has 1 atom stereocenters. The molecule has 0 radical (unpaired) electrons. The predicted molar refractivity (Wildman–Crippen MR) is 79.8 cm³/mol. The molecule has 1 amide bonds. The third-order valence-corrected chi connectivity index (χ3v) is 3.99. The maximum Gasteiger partial charge on any atom is 0.310 e. The van der Waals surface area contributed by atoms with Crippen LogP contribution in [0.2, 0.25) is 0 Å². The Labute approximate surface area is 133 Å². The highest BCUT2D eigenvalue weighted by Gasteiger charge is 2.29. The number of esters is 1. The quantitative estimate of drug-likeness (QED) is 0.683. The van der Waals surface area contributed by atoms with Crippen molar-refractivity contribution in [2.24, 2.45) is 5.92 Å². The van der Waals surface area contributed by atoms with Crippen LogP contribution in [0.1, 0.15) is 12.8 Å². The first-order chi connectivity index (χ1) is 10.8. The van der Waals surface area contributed by atoms with Crippen LogP contribution in [0.5, 0.6) is 0 Å². The second-order valence-electron chi connectivity index (χ2n) is 5.34. The van der Waals surface area contributed by atoms with Crippen LogP contribution < -0.4 is 4.72 Å². The lowest BCUT2D eigenvalue weighted by molar-refractivity contribution is -0.149. The number of rotatable bonds is 5. The topological polar surface area (TPSA) is 123 Å². The molecule has 1 unspecified atom stereocenters. The summed E-state index contributed by atoms with van der Waals surface area (Å²) in [7, 11) is -2.12. The Morgan fingerprint density at radius 1 is 1.48 bits per heavy atom. The molecule has 1 N–H and O–H groups in total. The summed E-state index contributed by atoms with van der Waals surface area (Å²) in [5.41, 5.74) is 0. The number of likely N-dealkylation sites (tertiary alicyclic amines) is 1. The molecule has 1 saturated heterocycles. The average Bonchev–Trinajstić information content (AvgIpc) is 2.91. The molecular formula is C12H19N5O5S. The Balaban J connectivity index is 1.95. The summed E-state index contributed by atoms with van der Waals surface area (Å²) in [6, 6.07) is 0. The van der Waals surface area contributed by atoms with Gasteiger partial charge in [0.25, 0.3) is 0 Å². The number of amides is 1. The minimum Gasteiger partial charge on any atom is -0.469 e. The lowest BCUT2D eigenvalue weighted by Crippen LogP contribution is -2.44. The Morgan fingerprint density at radius 2 is 2.22 bits per heavy atom. The molecular weight excluding hydrogens is 326 g/mol. The number of anilines is 1. The van der Waals surface area contributed by atoms with E-state index in [1.165, 1.54) is 13.3 Å². The minimum absolute atomic E-state index is 0.0476. The van der Waals surface area contributed by atoms with Gasteiger partial charge in [-0.25, -0.2) is 8.42 Å². The summed E-state index contributed by atoms with van der Waals surface area (Å²) in [5, 5.41) is 7.72. The summed E-state index contributed by atoms with van der Waals surface area (Å²) in [4.78, 5) is 26.5. The highest BCUT2D eigenvalue weighted by atomic mass is 32.2. The Hall–Kier alpha value is -2.17. The summed E-state index contributed by atoms with van der Waals surface area (Å²) in [6.45, 7) is 0.739. The van der Waals surface area contributed by atoms with E-state index in [0.717, 1.165) is 17.5 Å². The molecule has 10 nitrogen and oxygen atoms in total. The fourth-order valence-corrected chi connectivity index (χ4v) is 2.87. The van der Waals surface area contributed by atoms with E-state index >= 15 is 0 Å². The monoisotopic (exact) mass is 345 g/mol. The van der Waals surface area contributed by atoms with Crippen LogP contribution in [0.3, 0.4) is 0 Å². The van der Waals surface area contributed by atoms with E-state index in [1.807, 2.05) is 0 Å². The number of nitrogens with zero attached hydrogens (tertiary/aromatic N) is 4. The fourth-order valence-electron chi connectivity index (χ4n) is 2.39. The third kappa shape index (κ3) is 4.91. The SMILES string of the molecule is COC(=O)C1CCCN(C(=O)Cn2ncc(NS(C)(=O)=O)n2)C1. The van der Waals surface area contributed by atoms with Crippen molar-refractivity contribution in [3.05, 3.63) is 6.20 Å². The molecule has 1 fully saturated rings. The van der Waals surface area contributed by atoms with Gasteiger partial charge < -0.3 is 9.64 Å². The van der Waals surface area contributed by atoms with Crippen LogP contribution >= 0.6 is 0 Å². The summed E-state index contributed by atoms with van der Waals surface area (Å²) < 4.78 is 29.1. The molecule has 2 heterocycles. The van der Waals surface area contributed by atoms with Crippen LogP contribution in [0, 0.1) is 5.92 Å². The first-order valence-corrected chi connectivity index (χ1v) is 8.91. The number of carbonyl (C=O) groups excluding carboxylic acids is 2. The zero-order valence-corrected chi connectivity index (χ0v) is 13.7. The van der Waals surface area contributed by atoms with E-state index in [4.69, 9.17) is 4.74 Å². The van der Waals surface area contributed by atoms with Gasteiger partial charge >= 0.3 is 5.97 Å². The number of piperidine rings is 1. The van der Waals surface area contributed by atoms with Gasteiger partial charge in [-0.05, 0) is 12.8 Å². The lowest BCUT2D eigenvalue weighted by atomic mass is 9.98. The predicted octanol–water partition coefficient (Wildman–Crippen LogP) is -0.939. The van der Waals surface area contributed by atoms with Crippen LogP contribution in [-0.2, 0) is 30.9 Å². The number of nitrogens with one attached hydrogen (secondary N) is 1. The molecule has 1 aliphatic heterocycles. The molecule has 23 heavy (non-hydrogen) atoms. The number of sulfonamides is 1. The van der Waals surface area contributed by atoms with Crippen molar-refractivity contribution in [3.8, 4) is 0 Å². The maximum absolute atomic E-state index is 12.3. The van der Waals surface area contributed by atoms with Crippen molar-refractivity contribution in [3.63, 3.8) is 0 Å². The molecule has 128 valence electrons. The van der Waals surface area contributed by atoms with Crippen molar-refractivity contribution >= 4 is 27.7 Å². The average molecular weight is 345 g/mol. The van der Waals surface area contributed by atoms with Crippen molar-refractivity contribution in [2.75, 3.05) is 31.2 Å². The number of aromatic nitrogens is 3. The van der Waals surface area contributed by atoms with Crippen molar-refractivity contribution in [2.45, 2.75) is 19.4 Å². The van der Waals surface area contributed by atoms with E-state index in [2.05, 4.69) is 14.9 Å². The van der Waals surface area contributed by atoms with Gasteiger partial charge in [0.15, 0.2) is 5.82 Å². The van der Waals surface area contributed by atoms with Gasteiger partial charge in [-0.15, -0.1) is 5.10 Å². The summed E-state index contributed by atoms with van der Waals surface area (Å²) >= 11 is 0. The summed E-state index contributed by atoms with van der Waals surface area (Å²) in [5.74, 6) is -0.823. The smallest absolute Gasteiger partial charge is 0.310 e. The van der Waals surface area contributed by atoms with Gasteiger partial charge in [0.2, 0.25) is 15.9 Å². The Morgan fingerprint density at radius 3 is 2.87 bits per heavy atom. The van der Waals surface area contributed by atoms with E-state index in [1.54, 1.807) is 4.90 Å². The first-order valence-electron chi connectivity index (χ1n) is 7.02. The molecule has 0 saturated carbocycles. The van der Waals surface area contributed by atoms with Gasteiger partial charge in [-0.1, -0.05) is 0 Å². The standard InChI is InChI=1S/C12H19N5O5S/c1-22-12(19)9-4-3-5-16(7-9)11(18)8-17-13-6-10(14-17)15-23(2,20)21/h6,9H,3-5,7-8H2,1-2H3,(H,14,15). The third-order valence-electron chi connectivity index (χ3n) is 3.41. The minimum atomic E-state index is -3.45. The van der Waals surface area contributed by atoms with E-state index in [9.17, 15) is 18.0 Å².